The van der Waals surface area contributed by atoms with Crippen LogP contribution in [0.3, 0.4) is 0 Å². The van der Waals surface area contributed by atoms with E-state index in [-0.39, 0.29) is 23.7 Å². The summed E-state index contributed by atoms with van der Waals surface area (Å²) in [5, 5.41) is -0.293. The number of carbonyl (C=O) groups excluding carboxylic acids is 1. The molecule has 0 spiro atoms. The summed E-state index contributed by atoms with van der Waals surface area (Å²) in [7, 11) is 0. The third kappa shape index (κ3) is 2.87. The van der Waals surface area contributed by atoms with Gasteiger partial charge in [-0.15, -0.1) is 0 Å². The fourth-order valence-electron chi connectivity index (χ4n) is 2.91. The van der Waals surface area contributed by atoms with Crippen LogP contribution in [0, 0.1) is 0 Å². The average molecular weight is 408 g/mol. The van der Waals surface area contributed by atoms with Crippen LogP contribution in [0.2, 0.25) is 0 Å². The predicted octanol–water partition coefficient (Wildman–Crippen LogP) is 3.19. The molecule has 0 aliphatic carbocycles. The normalized spacial score (nSPS) is 25.1. The maximum absolute atomic E-state index is 11.8. The highest BCUT2D eigenvalue weighted by molar-refractivity contribution is 9.10. The van der Waals surface area contributed by atoms with E-state index in [9.17, 15) is 9.35 Å². The van der Waals surface area contributed by atoms with E-state index in [1.54, 1.807) is 0 Å². The topological polar surface area (TPSA) is 70.6 Å². The maximum Gasteiger partial charge on any atom is 0.266 e. The summed E-state index contributed by atoms with van der Waals surface area (Å²) in [4.78, 5) is 11.3. The van der Waals surface area contributed by atoms with Gasteiger partial charge < -0.3 is 14.0 Å². The SMILES string of the molecule is O=C1CC(c2ccc(O[C@@H]3COc4c(Br)cccc43)cc2)[S+]([O-])N1. The van der Waals surface area contributed by atoms with Crippen LogP contribution in [-0.2, 0) is 16.2 Å². The van der Waals surface area contributed by atoms with Crippen LogP contribution in [0.15, 0.2) is 46.9 Å². The zero-order valence-corrected chi connectivity index (χ0v) is 14.9. The number of hydrogen-bond acceptors (Lipinski definition) is 4. The molecule has 7 heteroatoms. The first kappa shape index (κ1) is 15.8. The second-order valence-corrected chi connectivity index (χ2v) is 7.88. The minimum Gasteiger partial charge on any atom is -0.593 e. The third-order valence-electron chi connectivity index (χ3n) is 4.10. The van der Waals surface area contributed by atoms with Crippen LogP contribution >= 0.6 is 15.9 Å². The summed E-state index contributed by atoms with van der Waals surface area (Å²) in [6.45, 7) is 0.463. The van der Waals surface area contributed by atoms with Crippen molar-refractivity contribution in [2.45, 2.75) is 17.8 Å². The van der Waals surface area contributed by atoms with E-state index in [0.717, 1.165) is 21.3 Å². The molecule has 4 rings (SSSR count). The molecule has 1 amide bonds. The molecular weight excluding hydrogens is 394 g/mol. The van der Waals surface area contributed by atoms with Gasteiger partial charge in [0.15, 0.2) is 11.4 Å². The lowest BCUT2D eigenvalue weighted by Gasteiger charge is -2.14. The lowest BCUT2D eigenvalue weighted by Crippen LogP contribution is -2.21. The molecule has 0 radical (unpaired) electrons. The van der Waals surface area contributed by atoms with E-state index in [4.69, 9.17) is 9.47 Å². The van der Waals surface area contributed by atoms with Crippen LogP contribution in [0.1, 0.15) is 28.9 Å². The molecule has 2 aliphatic rings. The fraction of sp³-hybridized carbons (Fsp3) is 0.235. The number of carbonyl (C=O) groups is 1. The molecule has 0 saturated carbocycles. The Labute approximate surface area is 150 Å². The van der Waals surface area contributed by atoms with E-state index in [0.29, 0.717) is 12.4 Å². The average Bonchev–Trinajstić information content (AvgIpc) is 3.12. The molecule has 2 aromatic carbocycles. The Morgan fingerprint density at radius 2 is 2.04 bits per heavy atom. The minimum absolute atomic E-state index is 0.160. The quantitative estimate of drug-likeness (QED) is 0.793. The van der Waals surface area contributed by atoms with Gasteiger partial charge in [-0.1, -0.05) is 24.3 Å². The van der Waals surface area contributed by atoms with Gasteiger partial charge in [-0.05, 0) is 34.1 Å². The molecule has 0 aromatic heterocycles. The van der Waals surface area contributed by atoms with Crippen LogP contribution in [0.4, 0.5) is 0 Å². The van der Waals surface area contributed by atoms with Crippen molar-refractivity contribution in [2.24, 2.45) is 0 Å². The molecule has 5 nitrogen and oxygen atoms in total. The Bertz CT molecular complexity index is 783. The molecule has 2 aliphatic heterocycles. The highest BCUT2D eigenvalue weighted by atomic mass is 79.9. The Kier molecular flexibility index (Phi) is 4.15. The molecular formula is C17H14BrNO4S. The van der Waals surface area contributed by atoms with E-state index in [2.05, 4.69) is 20.7 Å². The molecule has 1 saturated heterocycles. The van der Waals surface area contributed by atoms with Crippen molar-refractivity contribution in [3.05, 3.63) is 58.1 Å². The molecule has 1 N–H and O–H groups in total. The summed E-state index contributed by atoms with van der Waals surface area (Å²) in [5.74, 6) is 1.36. The molecule has 2 heterocycles. The molecule has 2 unspecified atom stereocenters. The smallest absolute Gasteiger partial charge is 0.266 e. The summed E-state index contributed by atoms with van der Waals surface area (Å²) in [6.07, 6.45) is 0.0947. The highest BCUT2D eigenvalue weighted by Crippen LogP contribution is 2.40. The van der Waals surface area contributed by atoms with Gasteiger partial charge in [0.1, 0.15) is 18.1 Å². The molecule has 1 fully saturated rings. The van der Waals surface area contributed by atoms with Crippen molar-refractivity contribution < 1.29 is 18.8 Å². The molecule has 3 atom stereocenters. The van der Waals surface area contributed by atoms with Crippen LogP contribution in [0.25, 0.3) is 0 Å². The van der Waals surface area contributed by atoms with E-state index < -0.39 is 11.4 Å². The second kappa shape index (κ2) is 6.31. The number of halogens is 1. The van der Waals surface area contributed by atoms with Gasteiger partial charge in [-0.3, -0.25) is 4.79 Å². The summed E-state index contributed by atoms with van der Waals surface area (Å²) >= 11 is 2.12. The van der Waals surface area contributed by atoms with E-state index in [1.807, 2.05) is 42.5 Å². The number of para-hydroxylation sites is 1. The Balaban J connectivity index is 1.49. The van der Waals surface area contributed by atoms with Gasteiger partial charge in [0, 0.05) is 11.1 Å². The first-order valence-corrected chi connectivity index (χ1v) is 9.50. The van der Waals surface area contributed by atoms with Crippen molar-refractivity contribution in [1.82, 2.24) is 4.72 Å². The van der Waals surface area contributed by atoms with Crippen LogP contribution in [0.5, 0.6) is 11.5 Å². The van der Waals surface area contributed by atoms with Crippen molar-refractivity contribution >= 4 is 33.2 Å². The van der Waals surface area contributed by atoms with Gasteiger partial charge in [0.2, 0.25) is 0 Å². The van der Waals surface area contributed by atoms with E-state index in [1.165, 1.54) is 0 Å². The van der Waals surface area contributed by atoms with Gasteiger partial charge in [-0.25, -0.2) is 0 Å². The largest absolute Gasteiger partial charge is 0.593 e. The monoisotopic (exact) mass is 407 g/mol. The Morgan fingerprint density at radius 3 is 2.75 bits per heavy atom. The van der Waals surface area contributed by atoms with Crippen molar-refractivity contribution in [3.63, 3.8) is 0 Å². The third-order valence-corrected chi connectivity index (χ3v) is 6.11. The summed E-state index contributed by atoms with van der Waals surface area (Å²) in [5.41, 5.74) is 1.88. The maximum atomic E-state index is 11.8. The molecule has 124 valence electrons. The highest BCUT2D eigenvalue weighted by Gasteiger charge is 2.37. The number of nitrogens with one attached hydrogen (secondary N) is 1. The number of ether oxygens (including phenoxy) is 2. The summed E-state index contributed by atoms with van der Waals surface area (Å²) < 4.78 is 26.9. The van der Waals surface area contributed by atoms with E-state index >= 15 is 0 Å². The van der Waals surface area contributed by atoms with Crippen molar-refractivity contribution in [1.29, 1.82) is 0 Å². The number of amides is 1. The van der Waals surface area contributed by atoms with Gasteiger partial charge in [0.25, 0.3) is 5.91 Å². The van der Waals surface area contributed by atoms with Crippen LogP contribution < -0.4 is 14.2 Å². The first-order valence-electron chi connectivity index (χ1n) is 7.50. The number of fused-ring (bicyclic) bond motifs is 1. The summed E-state index contributed by atoms with van der Waals surface area (Å²) in [6, 6.07) is 13.3. The van der Waals surface area contributed by atoms with Gasteiger partial charge in [-0.2, -0.15) is 4.72 Å². The van der Waals surface area contributed by atoms with Crippen molar-refractivity contribution in [2.75, 3.05) is 6.61 Å². The zero-order valence-electron chi connectivity index (χ0n) is 12.5. The second-order valence-electron chi connectivity index (χ2n) is 5.66. The van der Waals surface area contributed by atoms with Crippen molar-refractivity contribution in [3.8, 4) is 11.5 Å². The Hall–Kier alpha value is -1.70. The first-order chi connectivity index (χ1) is 11.6. The fourth-order valence-corrected chi connectivity index (χ4v) is 4.57. The standard InChI is InChI=1S/C17H14BrNO4S/c18-13-3-1-2-12-14(9-22-17(12)13)23-11-6-4-10(5-7-11)15-8-16(20)19-24(15)21/h1-7,14-15H,8-9H2,(H,19,20)/t14-,15?,24?/m1/s1. The van der Waals surface area contributed by atoms with Gasteiger partial charge in [0.05, 0.1) is 22.3 Å². The Morgan fingerprint density at radius 1 is 1.25 bits per heavy atom. The van der Waals surface area contributed by atoms with Crippen LogP contribution in [-0.4, -0.2) is 17.1 Å². The number of benzene rings is 2. The lowest BCUT2D eigenvalue weighted by atomic mass is 10.1. The van der Waals surface area contributed by atoms with Gasteiger partial charge >= 0.3 is 0 Å². The minimum atomic E-state index is -1.35. The number of rotatable bonds is 3. The molecule has 0 bridgehead atoms. The number of hydrogen-bond donors (Lipinski definition) is 1. The molecule has 24 heavy (non-hydrogen) atoms. The molecule has 2 aromatic rings. The zero-order chi connectivity index (χ0) is 16.7. The lowest BCUT2D eigenvalue weighted by molar-refractivity contribution is -0.118. The predicted molar refractivity (Wildman–Crippen MR) is 93.1 cm³/mol.